The molecule has 1 aromatic rings. The summed E-state index contributed by atoms with van der Waals surface area (Å²) in [5, 5.41) is 2.85. The van der Waals surface area contributed by atoms with Crippen LogP contribution in [0.25, 0.3) is 6.08 Å². The van der Waals surface area contributed by atoms with Gasteiger partial charge in [0, 0.05) is 31.6 Å². The molecule has 1 aliphatic rings. The number of hydrogen-bond donors (Lipinski definition) is 1. The summed E-state index contributed by atoms with van der Waals surface area (Å²) in [6.45, 7) is 3.77. The molecular formula is C19H26N2O4. The molecule has 0 spiro atoms. The van der Waals surface area contributed by atoms with Crippen LogP contribution in [0.15, 0.2) is 24.3 Å². The third-order valence-corrected chi connectivity index (χ3v) is 4.35. The zero-order valence-electron chi connectivity index (χ0n) is 15.1. The molecule has 0 atom stereocenters. The van der Waals surface area contributed by atoms with Gasteiger partial charge in [-0.3, -0.25) is 9.59 Å². The highest BCUT2D eigenvalue weighted by Gasteiger charge is 2.26. The van der Waals surface area contributed by atoms with Crippen LogP contribution in [0.1, 0.15) is 25.3 Å². The molecule has 1 saturated heterocycles. The normalized spacial score (nSPS) is 15.2. The van der Waals surface area contributed by atoms with Crippen molar-refractivity contribution in [3.05, 3.63) is 29.8 Å². The second-order valence-corrected chi connectivity index (χ2v) is 5.94. The summed E-state index contributed by atoms with van der Waals surface area (Å²) in [6, 6.07) is 5.50. The Hall–Kier alpha value is -2.50. The molecule has 0 bridgehead atoms. The lowest BCUT2D eigenvalue weighted by molar-refractivity contribution is -0.132. The van der Waals surface area contributed by atoms with Crippen LogP contribution in [0, 0.1) is 5.92 Å². The van der Waals surface area contributed by atoms with Crippen molar-refractivity contribution in [3.63, 3.8) is 0 Å². The summed E-state index contributed by atoms with van der Waals surface area (Å²) < 4.78 is 10.5. The fourth-order valence-corrected chi connectivity index (χ4v) is 2.91. The minimum absolute atomic E-state index is 0.0128. The molecule has 6 heteroatoms. The van der Waals surface area contributed by atoms with E-state index in [0.29, 0.717) is 44.0 Å². The standard InChI is InChI=1S/C19H26N2O4/c1-4-20-19(23)15-9-11-21(12-10-15)18(22)8-6-14-5-7-16(24-2)17(13-14)25-3/h5-8,13,15H,4,9-12H2,1-3H3,(H,20,23)/b8-6+. The number of carbonyl (C=O) groups is 2. The highest BCUT2D eigenvalue weighted by molar-refractivity contribution is 5.92. The number of piperidine rings is 1. The summed E-state index contributed by atoms with van der Waals surface area (Å²) in [4.78, 5) is 26.0. The first-order chi connectivity index (χ1) is 12.1. The molecule has 1 N–H and O–H groups in total. The molecule has 0 aromatic heterocycles. The zero-order chi connectivity index (χ0) is 18.2. The van der Waals surface area contributed by atoms with Gasteiger partial charge >= 0.3 is 0 Å². The topological polar surface area (TPSA) is 67.9 Å². The Labute approximate surface area is 148 Å². The predicted octanol–water partition coefficient (Wildman–Crippen LogP) is 2.09. The number of amides is 2. The second kappa shape index (κ2) is 9.11. The summed E-state index contributed by atoms with van der Waals surface area (Å²) in [7, 11) is 3.16. The second-order valence-electron chi connectivity index (χ2n) is 5.94. The van der Waals surface area contributed by atoms with Crippen molar-refractivity contribution >= 4 is 17.9 Å². The highest BCUT2D eigenvalue weighted by atomic mass is 16.5. The first-order valence-corrected chi connectivity index (χ1v) is 8.55. The van der Waals surface area contributed by atoms with Crippen LogP contribution in [0.5, 0.6) is 11.5 Å². The quantitative estimate of drug-likeness (QED) is 0.801. The number of nitrogens with zero attached hydrogens (tertiary/aromatic N) is 1. The van der Waals surface area contributed by atoms with Crippen molar-refractivity contribution in [1.82, 2.24) is 10.2 Å². The predicted molar refractivity (Wildman–Crippen MR) is 96.6 cm³/mol. The summed E-state index contributed by atoms with van der Waals surface area (Å²) >= 11 is 0. The molecule has 136 valence electrons. The number of likely N-dealkylation sites (tertiary alicyclic amines) is 1. The average Bonchev–Trinajstić information content (AvgIpc) is 2.66. The van der Waals surface area contributed by atoms with Gasteiger partial charge in [-0.1, -0.05) is 6.07 Å². The molecular weight excluding hydrogens is 320 g/mol. The van der Waals surface area contributed by atoms with E-state index in [9.17, 15) is 9.59 Å². The molecule has 2 amide bonds. The smallest absolute Gasteiger partial charge is 0.246 e. The summed E-state index contributed by atoms with van der Waals surface area (Å²) in [5.41, 5.74) is 0.864. The lowest BCUT2D eigenvalue weighted by Gasteiger charge is -2.30. The van der Waals surface area contributed by atoms with Crippen molar-refractivity contribution in [2.24, 2.45) is 5.92 Å². The minimum atomic E-state index is -0.0378. The van der Waals surface area contributed by atoms with E-state index in [-0.39, 0.29) is 17.7 Å². The number of carbonyl (C=O) groups excluding carboxylic acids is 2. The van der Waals surface area contributed by atoms with E-state index in [1.807, 2.05) is 19.1 Å². The van der Waals surface area contributed by atoms with Crippen molar-refractivity contribution in [2.75, 3.05) is 33.9 Å². The van der Waals surface area contributed by atoms with E-state index in [1.54, 1.807) is 37.3 Å². The molecule has 1 fully saturated rings. The Kier molecular flexibility index (Phi) is 6.86. The zero-order valence-corrected chi connectivity index (χ0v) is 15.1. The van der Waals surface area contributed by atoms with Crippen LogP contribution >= 0.6 is 0 Å². The monoisotopic (exact) mass is 346 g/mol. The minimum Gasteiger partial charge on any atom is -0.493 e. The fourth-order valence-electron chi connectivity index (χ4n) is 2.91. The maximum Gasteiger partial charge on any atom is 0.246 e. The van der Waals surface area contributed by atoms with E-state index in [4.69, 9.17) is 9.47 Å². The molecule has 0 radical (unpaired) electrons. The van der Waals surface area contributed by atoms with E-state index < -0.39 is 0 Å². The number of hydrogen-bond acceptors (Lipinski definition) is 4. The number of methoxy groups -OCH3 is 2. The molecule has 25 heavy (non-hydrogen) atoms. The molecule has 0 aliphatic carbocycles. The number of benzene rings is 1. The first-order valence-electron chi connectivity index (χ1n) is 8.55. The Morgan fingerprint density at radius 3 is 2.48 bits per heavy atom. The van der Waals surface area contributed by atoms with Crippen LogP contribution in [-0.4, -0.2) is 50.6 Å². The van der Waals surface area contributed by atoms with E-state index in [1.165, 1.54) is 0 Å². The molecule has 6 nitrogen and oxygen atoms in total. The van der Waals surface area contributed by atoms with Gasteiger partial charge in [0.25, 0.3) is 0 Å². The molecule has 1 heterocycles. The van der Waals surface area contributed by atoms with E-state index in [2.05, 4.69) is 5.32 Å². The molecule has 1 aliphatic heterocycles. The van der Waals surface area contributed by atoms with Crippen LogP contribution in [0.3, 0.4) is 0 Å². The van der Waals surface area contributed by atoms with Gasteiger partial charge in [0.1, 0.15) is 0 Å². The lowest BCUT2D eigenvalue weighted by Crippen LogP contribution is -2.42. The van der Waals surface area contributed by atoms with Crippen LogP contribution in [0.2, 0.25) is 0 Å². The Bertz CT molecular complexity index is 634. The average molecular weight is 346 g/mol. The van der Waals surface area contributed by atoms with Crippen molar-refractivity contribution in [3.8, 4) is 11.5 Å². The molecule has 1 aromatic carbocycles. The van der Waals surface area contributed by atoms with Crippen molar-refractivity contribution in [1.29, 1.82) is 0 Å². The Morgan fingerprint density at radius 1 is 1.20 bits per heavy atom. The Morgan fingerprint density at radius 2 is 1.88 bits per heavy atom. The van der Waals surface area contributed by atoms with Gasteiger partial charge in [0.2, 0.25) is 11.8 Å². The Balaban J connectivity index is 1.92. The maximum atomic E-state index is 12.3. The summed E-state index contributed by atoms with van der Waals surface area (Å²) in [6.07, 6.45) is 4.75. The van der Waals surface area contributed by atoms with Gasteiger partial charge in [-0.05, 0) is 43.5 Å². The van der Waals surface area contributed by atoms with Crippen LogP contribution in [0.4, 0.5) is 0 Å². The molecule has 0 unspecified atom stereocenters. The van der Waals surface area contributed by atoms with Gasteiger partial charge in [-0.25, -0.2) is 0 Å². The van der Waals surface area contributed by atoms with Gasteiger partial charge in [0.15, 0.2) is 11.5 Å². The first kappa shape index (κ1) is 18.8. The molecule has 0 saturated carbocycles. The van der Waals surface area contributed by atoms with Gasteiger partial charge < -0.3 is 19.7 Å². The van der Waals surface area contributed by atoms with Crippen LogP contribution < -0.4 is 14.8 Å². The number of ether oxygens (including phenoxy) is 2. The highest BCUT2D eigenvalue weighted by Crippen LogP contribution is 2.28. The van der Waals surface area contributed by atoms with Crippen molar-refractivity contribution in [2.45, 2.75) is 19.8 Å². The van der Waals surface area contributed by atoms with Gasteiger partial charge in [0.05, 0.1) is 14.2 Å². The fraction of sp³-hybridized carbons (Fsp3) is 0.474. The third kappa shape index (κ3) is 4.98. The maximum absolute atomic E-state index is 12.3. The van der Waals surface area contributed by atoms with E-state index >= 15 is 0 Å². The number of rotatable bonds is 6. The SMILES string of the molecule is CCNC(=O)C1CCN(C(=O)/C=C/c2ccc(OC)c(OC)c2)CC1. The summed E-state index contributed by atoms with van der Waals surface area (Å²) in [5.74, 6) is 1.34. The largest absolute Gasteiger partial charge is 0.493 e. The third-order valence-electron chi connectivity index (χ3n) is 4.35. The van der Waals surface area contributed by atoms with E-state index in [0.717, 1.165) is 5.56 Å². The number of nitrogens with one attached hydrogen (secondary N) is 1. The van der Waals surface area contributed by atoms with Crippen molar-refractivity contribution < 1.29 is 19.1 Å². The molecule has 2 rings (SSSR count). The lowest BCUT2D eigenvalue weighted by atomic mass is 9.96. The van der Waals surface area contributed by atoms with Gasteiger partial charge in [-0.2, -0.15) is 0 Å². The van der Waals surface area contributed by atoms with Gasteiger partial charge in [-0.15, -0.1) is 0 Å². The van der Waals surface area contributed by atoms with Crippen LogP contribution in [-0.2, 0) is 9.59 Å².